The largest absolute Gasteiger partial charge is 0.493 e. The number of hydrogen-bond acceptors (Lipinski definition) is 6. The lowest BCUT2D eigenvalue weighted by Gasteiger charge is -2.03. The molecule has 0 unspecified atom stereocenters. The number of carbonyl (C=O) groups excluding carboxylic acids is 1. The highest BCUT2D eigenvalue weighted by atomic mass is 32.1. The highest BCUT2D eigenvalue weighted by Gasteiger charge is 2.18. The van der Waals surface area contributed by atoms with Crippen LogP contribution >= 0.6 is 22.7 Å². The van der Waals surface area contributed by atoms with E-state index in [0.29, 0.717) is 24.4 Å². The van der Waals surface area contributed by atoms with Crippen LogP contribution in [0.1, 0.15) is 15.5 Å². The maximum absolute atomic E-state index is 11.5. The number of fused-ring (bicyclic) bond motifs is 1. The summed E-state index contributed by atoms with van der Waals surface area (Å²) in [6.45, 7) is 0.537. The van der Waals surface area contributed by atoms with E-state index < -0.39 is 0 Å². The van der Waals surface area contributed by atoms with E-state index in [9.17, 15) is 4.79 Å². The van der Waals surface area contributed by atoms with E-state index in [4.69, 9.17) is 4.74 Å². The third kappa shape index (κ3) is 2.83. The first-order valence-corrected chi connectivity index (χ1v) is 9.10. The van der Waals surface area contributed by atoms with Gasteiger partial charge in [-0.15, -0.1) is 11.3 Å². The van der Waals surface area contributed by atoms with Crippen molar-refractivity contribution in [2.45, 2.75) is 6.42 Å². The first kappa shape index (κ1) is 15.0. The van der Waals surface area contributed by atoms with E-state index in [0.717, 1.165) is 26.9 Å². The molecule has 0 bridgehead atoms. The van der Waals surface area contributed by atoms with Gasteiger partial charge in [0, 0.05) is 6.42 Å². The summed E-state index contributed by atoms with van der Waals surface area (Å²) in [6, 6.07) is 13.6. The van der Waals surface area contributed by atoms with E-state index in [2.05, 4.69) is 10.1 Å². The van der Waals surface area contributed by atoms with E-state index in [1.807, 2.05) is 47.8 Å². The van der Waals surface area contributed by atoms with Gasteiger partial charge < -0.3 is 4.74 Å². The molecule has 0 fully saturated rings. The van der Waals surface area contributed by atoms with Gasteiger partial charge in [-0.05, 0) is 23.6 Å². The molecule has 4 rings (SSSR count). The summed E-state index contributed by atoms with van der Waals surface area (Å²) in [5.74, 6) is 0.840. The number of benzene rings is 1. The minimum atomic E-state index is 0.499. The lowest BCUT2D eigenvalue weighted by molar-refractivity contribution is 0.111. The minimum Gasteiger partial charge on any atom is -0.493 e. The predicted molar refractivity (Wildman–Crippen MR) is 95.2 cm³/mol. The summed E-state index contributed by atoms with van der Waals surface area (Å²) < 4.78 is 7.32. The van der Waals surface area contributed by atoms with Gasteiger partial charge in [0.1, 0.15) is 22.1 Å². The highest BCUT2D eigenvalue weighted by molar-refractivity contribution is 7.16. The van der Waals surface area contributed by atoms with E-state index in [1.165, 1.54) is 11.3 Å². The number of rotatable bonds is 6. The Hall–Kier alpha value is -2.51. The van der Waals surface area contributed by atoms with Crippen molar-refractivity contribution in [1.29, 1.82) is 0 Å². The quantitative estimate of drug-likeness (QED) is 0.491. The molecule has 0 amide bonds. The van der Waals surface area contributed by atoms with Crippen LogP contribution in [0.25, 0.3) is 15.5 Å². The van der Waals surface area contributed by atoms with Crippen molar-refractivity contribution in [3.8, 4) is 16.3 Å². The van der Waals surface area contributed by atoms with Crippen molar-refractivity contribution in [2.75, 3.05) is 6.61 Å². The van der Waals surface area contributed by atoms with Gasteiger partial charge in [0.05, 0.1) is 11.5 Å². The Morgan fingerprint density at radius 1 is 1.17 bits per heavy atom. The summed E-state index contributed by atoms with van der Waals surface area (Å²) >= 11 is 3.05. The Bertz CT molecular complexity index is 959. The number of aldehydes is 1. The molecular formula is C17H13N3O2S2. The molecule has 4 aromatic rings. The van der Waals surface area contributed by atoms with Crippen molar-refractivity contribution in [1.82, 2.24) is 14.6 Å². The number of hydrogen-bond donors (Lipinski definition) is 0. The minimum absolute atomic E-state index is 0.499. The van der Waals surface area contributed by atoms with Crippen molar-refractivity contribution in [2.24, 2.45) is 0 Å². The van der Waals surface area contributed by atoms with Crippen molar-refractivity contribution < 1.29 is 9.53 Å². The van der Waals surface area contributed by atoms with Crippen molar-refractivity contribution in [3.63, 3.8) is 0 Å². The Morgan fingerprint density at radius 2 is 2.04 bits per heavy atom. The average Bonchev–Trinajstić information content (AvgIpc) is 3.31. The topological polar surface area (TPSA) is 56.5 Å². The molecule has 0 aliphatic carbocycles. The molecule has 1 aromatic carbocycles. The summed E-state index contributed by atoms with van der Waals surface area (Å²) in [6.07, 6.45) is 1.49. The fourth-order valence-corrected chi connectivity index (χ4v) is 3.98. The van der Waals surface area contributed by atoms with Gasteiger partial charge >= 0.3 is 0 Å². The smallest absolute Gasteiger partial charge is 0.213 e. The second-order valence-corrected chi connectivity index (χ2v) is 7.03. The summed E-state index contributed by atoms with van der Waals surface area (Å²) in [5, 5.41) is 7.38. The average molecular weight is 355 g/mol. The number of thiophene rings is 1. The van der Waals surface area contributed by atoms with Gasteiger partial charge in [0.15, 0.2) is 6.29 Å². The first-order valence-electron chi connectivity index (χ1n) is 7.40. The van der Waals surface area contributed by atoms with Crippen LogP contribution in [0.2, 0.25) is 0 Å². The molecule has 0 spiro atoms. The lowest BCUT2D eigenvalue weighted by atomic mass is 10.3. The van der Waals surface area contributed by atoms with Gasteiger partial charge in [0.25, 0.3) is 0 Å². The Balaban J connectivity index is 1.54. The predicted octanol–water partition coefficient (Wildman–Crippen LogP) is 3.95. The fourth-order valence-electron chi connectivity index (χ4n) is 2.38. The Kier molecular flexibility index (Phi) is 4.10. The fraction of sp³-hybridized carbons (Fsp3) is 0.118. The molecule has 24 heavy (non-hydrogen) atoms. The monoisotopic (exact) mass is 355 g/mol. The molecule has 0 N–H and O–H groups in total. The second kappa shape index (κ2) is 6.54. The van der Waals surface area contributed by atoms with Crippen LogP contribution in [0.3, 0.4) is 0 Å². The maximum atomic E-state index is 11.5. The maximum Gasteiger partial charge on any atom is 0.213 e. The number of imidazole rings is 1. The van der Waals surface area contributed by atoms with Crippen LogP contribution in [0.5, 0.6) is 5.75 Å². The number of nitrogens with zero attached hydrogens (tertiary/aromatic N) is 3. The Labute approximate surface area is 146 Å². The van der Waals surface area contributed by atoms with Crippen LogP contribution in [0.15, 0.2) is 47.8 Å². The SMILES string of the molecule is O=Cc1c(-c2cccs2)nc2sc(CCOc3ccccc3)nn12. The molecule has 7 heteroatoms. The van der Waals surface area contributed by atoms with Gasteiger partial charge in [-0.2, -0.15) is 9.61 Å². The summed E-state index contributed by atoms with van der Waals surface area (Å²) in [4.78, 5) is 17.8. The molecule has 0 aliphatic heterocycles. The van der Waals surface area contributed by atoms with Gasteiger partial charge in [-0.3, -0.25) is 4.79 Å². The molecule has 0 radical (unpaired) electrons. The molecule has 0 saturated carbocycles. The molecule has 120 valence electrons. The molecule has 0 atom stereocenters. The van der Waals surface area contributed by atoms with Crippen LogP contribution in [0, 0.1) is 0 Å². The van der Waals surface area contributed by atoms with Crippen molar-refractivity contribution in [3.05, 3.63) is 58.5 Å². The number of para-hydroxylation sites is 1. The Morgan fingerprint density at radius 3 is 2.79 bits per heavy atom. The molecule has 3 aromatic heterocycles. The third-order valence-corrected chi connectivity index (χ3v) is 5.32. The zero-order valence-corrected chi connectivity index (χ0v) is 14.2. The number of ether oxygens (including phenoxy) is 1. The van der Waals surface area contributed by atoms with E-state index in [-0.39, 0.29) is 0 Å². The van der Waals surface area contributed by atoms with E-state index in [1.54, 1.807) is 15.9 Å². The molecular weight excluding hydrogens is 342 g/mol. The van der Waals surface area contributed by atoms with Crippen LogP contribution in [0.4, 0.5) is 0 Å². The molecule has 0 aliphatic rings. The lowest BCUT2D eigenvalue weighted by Crippen LogP contribution is -2.02. The molecule has 3 heterocycles. The normalized spacial score (nSPS) is 11.0. The number of aromatic nitrogens is 3. The first-order chi connectivity index (χ1) is 11.8. The van der Waals surface area contributed by atoms with Crippen LogP contribution in [-0.2, 0) is 6.42 Å². The highest BCUT2D eigenvalue weighted by Crippen LogP contribution is 2.29. The zero-order chi connectivity index (χ0) is 16.4. The standard InChI is InChI=1S/C17H13N3O2S2/c21-11-13-16(14-7-4-10-23-14)18-17-20(13)19-15(24-17)8-9-22-12-5-2-1-3-6-12/h1-7,10-11H,8-9H2. The summed E-state index contributed by atoms with van der Waals surface area (Å²) in [7, 11) is 0. The molecule has 0 saturated heterocycles. The van der Waals surface area contributed by atoms with Gasteiger partial charge in [-0.25, -0.2) is 4.98 Å². The zero-order valence-electron chi connectivity index (χ0n) is 12.6. The van der Waals surface area contributed by atoms with Crippen LogP contribution in [-0.4, -0.2) is 27.5 Å². The second-order valence-electron chi connectivity index (χ2n) is 5.04. The third-order valence-electron chi connectivity index (χ3n) is 3.47. The van der Waals surface area contributed by atoms with Crippen LogP contribution < -0.4 is 4.74 Å². The molecule has 5 nitrogen and oxygen atoms in total. The number of carbonyl (C=O) groups is 1. The van der Waals surface area contributed by atoms with Gasteiger partial charge in [0.2, 0.25) is 4.96 Å². The van der Waals surface area contributed by atoms with E-state index >= 15 is 0 Å². The summed E-state index contributed by atoms with van der Waals surface area (Å²) in [5.41, 5.74) is 1.20. The van der Waals surface area contributed by atoms with Gasteiger partial charge in [-0.1, -0.05) is 35.6 Å². The van der Waals surface area contributed by atoms with Crippen molar-refractivity contribution >= 4 is 33.9 Å².